The van der Waals surface area contributed by atoms with Crippen LogP contribution in [0.4, 0.5) is 0 Å². The standard InChI is InChI=1S/C27H33N3O2/c1-21-19-30(17-16-29(21)20-26(31)32)27(24-7-3-2-4-8-24)25-9-5-6-23(18-25)11-10-22-12-14-28-15-13-22/h2-9,18,21-22,27-28H,12-17,19-20H2,1H3,(H,31,32)/t21?,27-/m1/s1. The number of hydrogen-bond acceptors (Lipinski definition) is 4. The predicted octanol–water partition coefficient (Wildman–Crippen LogP) is 3.22. The van der Waals surface area contributed by atoms with E-state index in [4.69, 9.17) is 0 Å². The van der Waals surface area contributed by atoms with Gasteiger partial charge in [-0.1, -0.05) is 54.3 Å². The van der Waals surface area contributed by atoms with Gasteiger partial charge in [-0.2, -0.15) is 0 Å². The number of benzene rings is 2. The van der Waals surface area contributed by atoms with Crippen LogP contribution < -0.4 is 5.32 Å². The first-order valence-corrected chi connectivity index (χ1v) is 11.7. The molecular formula is C27H33N3O2. The quantitative estimate of drug-likeness (QED) is 0.712. The highest BCUT2D eigenvalue weighted by Gasteiger charge is 2.31. The minimum atomic E-state index is -0.759. The van der Waals surface area contributed by atoms with Crippen LogP contribution >= 0.6 is 0 Å². The van der Waals surface area contributed by atoms with Crippen LogP contribution in [0.1, 0.15) is 42.5 Å². The van der Waals surface area contributed by atoms with Crippen molar-refractivity contribution in [2.24, 2.45) is 5.92 Å². The van der Waals surface area contributed by atoms with Gasteiger partial charge in [0, 0.05) is 37.2 Å². The zero-order chi connectivity index (χ0) is 22.3. The molecule has 1 unspecified atom stereocenters. The maximum absolute atomic E-state index is 11.2. The Morgan fingerprint density at radius 1 is 1.09 bits per heavy atom. The van der Waals surface area contributed by atoms with Crippen LogP contribution in [-0.2, 0) is 4.79 Å². The van der Waals surface area contributed by atoms with Crippen molar-refractivity contribution in [2.75, 3.05) is 39.3 Å². The SMILES string of the molecule is CC1CN([C@H](c2ccccc2)c2cccc(C#CC3CCNCC3)c2)CCN1CC(=O)O. The summed E-state index contributed by atoms with van der Waals surface area (Å²) in [6.45, 7) is 6.76. The lowest BCUT2D eigenvalue weighted by Crippen LogP contribution is -2.54. The Bertz CT molecular complexity index is 960. The van der Waals surface area contributed by atoms with Gasteiger partial charge < -0.3 is 10.4 Å². The molecule has 2 aliphatic heterocycles. The lowest BCUT2D eigenvalue weighted by Gasteiger charge is -2.43. The molecule has 32 heavy (non-hydrogen) atoms. The number of piperazine rings is 1. The first-order valence-electron chi connectivity index (χ1n) is 11.7. The van der Waals surface area contributed by atoms with Crippen molar-refractivity contribution in [1.29, 1.82) is 0 Å². The zero-order valence-corrected chi connectivity index (χ0v) is 18.8. The Labute approximate surface area is 191 Å². The highest BCUT2D eigenvalue weighted by Crippen LogP contribution is 2.31. The predicted molar refractivity (Wildman–Crippen MR) is 127 cm³/mol. The minimum absolute atomic E-state index is 0.104. The Balaban J connectivity index is 1.58. The third-order valence-corrected chi connectivity index (χ3v) is 6.58. The van der Waals surface area contributed by atoms with Crippen molar-refractivity contribution < 1.29 is 9.90 Å². The topological polar surface area (TPSA) is 55.8 Å². The molecule has 0 aromatic heterocycles. The molecule has 2 aromatic carbocycles. The van der Waals surface area contributed by atoms with Crippen molar-refractivity contribution >= 4 is 5.97 Å². The van der Waals surface area contributed by atoms with Crippen LogP contribution in [0.5, 0.6) is 0 Å². The number of carboxylic acids is 1. The molecule has 2 heterocycles. The van der Waals surface area contributed by atoms with Crippen LogP contribution in [0, 0.1) is 17.8 Å². The number of carbonyl (C=O) groups is 1. The van der Waals surface area contributed by atoms with Crippen LogP contribution in [0.25, 0.3) is 0 Å². The van der Waals surface area contributed by atoms with Gasteiger partial charge in [-0.05, 0) is 56.1 Å². The van der Waals surface area contributed by atoms with Gasteiger partial charge in [0.1, 0.15) is 0 Å². The van der Waals surface area contributed by atoms with E-state index in [1.807, 2.05) is 0 Å². The summed E-state index contributed by atoms with van der Waals surface area (Å²) in [6.07, 6.45) is 2.25. The lowest BCUT2D eigenvalue weighted by atomic mass is 9.94. The second-order valence-corrected chi connectivity index (χ2v) is 8.94. The second-order valence-electron chi connectivity index (χ2n) is 8.94. The van der Waals surface area contributed by atoms with Gasteiger partial charge in [-0.15, -0.1) is 0 Å². The Morgan fingerprint density at radius 2 is 1.84 bits per heavy atom. The fourth-order valence-corrected chi connectivity index (χ4v) is 4.85. The molecule has 4 rings (SSSR count). The maximum Gasteiger partial charge on any atom is 0.317 e. The van der Waals surface area contributed by atoms with Gasteiger partial charge in [0.25, 0.3) is 0 Å². The van der Waals surface area contributed by atoms with E-state index >= 15 is 0 Å². The first kappa shape index (κ1) is 22.5. The van der Waals surface area contributed by atoms with Crippen molar-refractivity contribution in [3.8, 4) is 11.8 Å². The highest BCUT2D eigenvalue weighted by atomic mass is 16.4. The van der Waals surface area contributed by atoms with E-state index in [-0.39, 0.29) is 18.6 Å². The number of aliphatic carboxylic acids is 1. The largest absolute Gasteiger partial charge is 0.480 e. The number of hydrogen-bond donors (Lipinski definition) is 2. The molecule has 168 valence electrons. The van der Waals surface area contributed by atoms with Gasteiger partial charge in [-0.25, -0.2) is 0 Å². The first-order chi connectivity index (χ1) is 15.6. The number of piperidine rings is 1. The molecule has 2 N–H and O–H groups in total. The molecule has 2 fully saturated rings. The normalized spacial score (nSPS) is 21.5. The van der Waals surface area contributed by atoms with Crippen LogP contribution in [0.15, 0.2) is 54.6 Å². The average Bonchev–Trinajstić information content (AvgIpc) is 2.81. The van der Waals surface area contributed by atoms with E-state index in [0.29, 0.717) is 5.92 Å². The molecule has 5 heteroatoms. The summed E-state index contributed by atoms with van der Waals surface area (Å²) >= 11 is 0. The molecule has 2 saturated heterocycles. The van der Waals surface area contributed by atoms with Crippen molar-refractivity contribution in [3.63, 3.8) is 0 Å². The molecule has 0 aliphatic carbocycles. The average molecular weight is 432 g/mol. The summed E-state index contributed by atoms with van der Waals surface area (Å²) in [6, 6.07) is 19.6. The van der Waals surface area contributed by atoms with Gasteiger partial charge in [-0.3, -0.25) is 14.6 Å². The smallest absolute Gasteiger partial charge is 0.317 e. The van der Waals surface area contributed by atoms with Gasteiger partial charge >= 0.3 is 5.97 Å². The third kappa shape index (κ3) is 5.77. The minimum Gasteiger partial charge on any atom is -0.480 e. The fraction of sp³-hybridized carbons (Fsp3) is 0.444. The number of nitrogens with one attached hydrogen (secondary N) is 1. The number of rotatable bonds is 5. The molecule has 5 nitrogen and oxygen atoms in total. The van der Waals surface area contributed by atoms with E-state index in [1.54, 1.807) is 0 Å². The van der Waals surface area contributed by atoms with Crippen molar-refractivity contribution in [2.45, 2.75) is 31.8 Å². The Morgan fingerprint density at radius 3 is 2.56 bits per heavy atom. The zero-order valence-electron chi connectivity index (χ0n) is 18.8. The van der Waals surface area contributed by atoms with Crippen molar-refractivity contribution in [3.05, 3.63) is 71.3 Å². The van der Waals surface area contributed by atoms with Gasteiger partial charge in [0.2, 0.25) is 0 Å². The molecule has 0 amide bonds. The summed E-state index contributed by atoms with van der Waals surface area (Å²) in [5.74, 6) is 6.64. The van der Waals surface area contributed by atoms with E-state index in [1.165, 1.54) is 11.1 Å². The number of carboxylic acid groups (broad SMARTS) is 1. The molecule has 2 atom stereocenters. The van der Waals surface area contributed by atoms with E-state index in [2.05, 4.69) is 88.5 Å². The summed E-state index contributed by atoms with van der Waals surface area (Å²) in [5.41, 5.74) is 3.57. The van der Waals surface area contributed by atoms with Crippen LogP contribution in [-0.4, -0.2) is 66.2 Å². The number of nitrogens with zero attached hydrogens (tertiary/aromatic N) is 2. The van der Waals surface area contributed by atoms with E-state index < -0.39 is 5.97 Å². The van der Waals surface area contributed by atoms with Gasteiger partial charge in [0.05, 0.1) is 12.6 Å². The fourth-order valence-electron chi connectivity index (χ4n) is 4.85. The lowest BCUT2D eigenvalue weighted by molar-refractivity contribution is -0.139. The molecule has 2 aromatic rings. The Hall–Kier alpha value is -2.65. The Kier molecular flexibility index (Phi) is 7.59. The van der Waals surface area contributed by atoms with Crippen LogP contribution in [0.3, 0.4) is 0 Å². The molecule has 2 aliphatic rings. The maximum atomic E-state index is 11.2. The second kappa shape index (κ2) is 10.8. The molecule has 0 bridgehead atoms. The summed E-state index contributed by atoms with van der Waals surface area (Å²) in [4.78, 5) is 15.8. The summed E-state index contributed by atoms with van der Waals surface area (Å²) in [5, 5.41) is 12.6. The molecular weight excluding hydrogens is 398 g/mol. The monoisotopic (exact) mass is 431 g/mol. The van der Waals surface area contributed by atoms with E-state index in [0.717, 1.165) is 51.1 Å². The summed E-state index contributed by atoms with van der Waals surface area (Å²) < 4.78 is 0. The molecule has 0 saturated carbocycles. The van der Waals surface area contributed by atoms with E-state index in [9.17, 15) is 9.90 Å². The van der Waals surface area contributed by atoms with Crippen molar-refractivity contribution in [1.82, 2.24) is 15.1 Å². The van der Waals surface area contributed by atoms with Crippen LogP contribution in [0.2, 0.25) is 0 Å². The third-order valence-electron chi connectivity index (χ3n) is 6.58. The molecule has 0 radical (unpaired) electrons. The molecule has 0 spiro atoms. The van der Waals surface area contributed by atoms with Gasteiger partial charge in [0.15, 0.2) is 0 Å². The highest BCUT2D eigenvalue weighted by molar-refractivity contribution is 5.69. The summed E-state index contributed by atoms with van der Waals surface area (Å²) in [7, 11) is 0.